The van der Waals surface area contributed by atoms with E-state index in [9.17, 15) is 4.79 Å². The first-order valence-corrected chi connectivity index (χ1v) is 17.4. The zero-order valence-electron chi connectivity index (χ0n) is 27.6. The monoisotopic (exact) mass is 638 g/mol. The maximum absolute atomic E-state index is 16.0. The van der Waals surface area contributed by atoms with Gasteiger partial charge in [-0.1, -0.05) is 37.5 Å². The lowest BCUT2D eigenvalue weighted by Crippen LogP contribution is -2.40. The third-order valence-electron chi connectivity index (χ3n) is 10.8. The number of alkyl halides is 2. The van der Waals surface area contributed by atoms with E-state index in [4.69, 9.17) is 0 Å². The van der Waals surface area contributed by atoms with Crippen molar-refractivity contribution >= 4 is 16.9 Å². The zero-order chi connectivity index (χ0) is 32.4. The van der Waals surface area contributed by atoms with Gasteiger partial charge < -0.3 is 15.1 Å². The van der Waals surface area contributed by atoms with Crippen LogP contribution >= 0.6 is 0 Å². The second-order valence-electron chi connectivity index (χ2n) is 14.0. The number of aromatic nitrogens is 3. The number of hydrogen-bond donors (Lipinski definition) is 1. The molecular formula is C36H49F3N6O. The number of halogens is 3. The molecule has 10 heteroatoms. The van der Waals surface area contributed by atoms with Crippen LogP contribution < -0.4 is 10.9 Å². The summed E-state index contributed by atoms with van der Waals surface area (Å²) in [7, 11) is 0. The SMILES string of the molecule is CC(C)N1CCC(c2cc3c4ncnc3n(c2=O)CCCCCCCN2CCC(CC2)C(F)(F)c2cccc(c2F)[C@H](C)N4)CC1. The highest BCUT2D eigenvalue weighted by molar-refractivity contribution is 5.87. The van der Waals surface area contributed by atoms with Gasteiger partial charge in [-0.05, 0) is 104 Å². The molecule has 46 heavy (non-hydrogen) atoms. The van der Waals surface area contributed by atoms with Crippen LogP contribution in [0.2, 0.25) is 0 Å². The highest BCUT2D eigenvalue weighted by atomic mass is 19.3. The summed E-state index contributed by atoms with van der Waals surface area (Å²) < 4.78 is 49.7. The normalized spacial score (nSPS) is 25.4. The molecule has 8 bridgehead atoms. The fourth-order valence-corrected chi connectivity index (χ4v) is 7.84. The van der Waals surface area contributed by atoms with Gasteiger partial charge in [-0.15, -0.1) is 0 Å². The summed E-state index contributed by atoms with van der Waals surface area (Å²) in [5.74, 6) is -4.42. The standard InChI is InChI=1S/C36H49F3N6O/c1-24(2)44-20-12-26(13-21-44)29-22-30-33-40-23-41-34(30)45(35(29)46)17-8-6-4-5-7-16-43-18-14-27(15-19-43)36(38,39)31-11-9-10-28(32(31)37)25(3)42-33/h9-11,22-27H,4-8,12-21H2,1-3H3,(H,40,41,42)/t25-/m0/s1. The molecule has 0 saturated carbocycles. The summed E-state index contributed by atoms with van der Waals surface area (Å²) >= 11 is 0. The van der Waals surface area contributed by atoms with Crippen LogP contribution in [0.15, 0.2) is 35.4 Å². The Labute approximate surface area is 270 Å². The van der Waals surface area contributed by atoms with Crippen molar-refractivity contribution in [1.82, 2.24) is 24.3 Å². The van der Waals surface area contributed by atoms with E-state index in [1.54, 1.807) is 13.0 Å². The number of rotatable bonds is 2. The van der Waals surface area contributed by atoms with Gasteiger partial charge in [-0.2, -0.15) is 0 Å². The number of nitrogens with one attached hydrogen (secondary N) is 1. The minimum atomic E-state index is -3.26. The van der Waals surface area contributed by atoms with Gasteiger partial charge in [0.05, 0.1) is 17.0 Å². The van der Waals surface area contributed by atoms with Gasteiger partial charge in [0.2, 0.25) is 0 Å². The molecule has 6 heterocycles. The molecule has 250 valence electrons. The number of anilines is 1. The topological polar surface area (TPSA) is 66.3 Å². The Kier molecular flexibility index (Phi) is 10.0. The maximum Gasteiger partial charge on any atom is 0.278 e. The molecule has 4 aliphatic rings. The van der Waals surface area contributed by atoms with Crippen LogP contribution in [0.5, 0.6) is 0 Å². The highest BCUT2D eigenvalue weighted by Crippen LogP contribution is 2.44. The highest BCUT2D eigenvalue weighted by Gasteiger charge is 2.45. The molecule has 4 aliphatic heterocycles. The molecular weight excluding hydrogens is 589 g/mol. The summed E-state index contributed by atoms with van der Waals surface area (Å²) in [6.07, 6.45) is 8.94. The van der Waals surface area contributed by atoms with Crippen LogP contribution in [0.4, 0.5) is 19.0 Å². The van der Waals surface area contributed by atoms with E-state index in [-0.39, 0.29) is 17.0 Å². The summed E-state index contributed by atoms with van der Waals surface area (Å²) in [5, 5.41) is 4.03. The number of hydrogen-bond acceptors (Lipinski definition) is 6. The summed E-state index contributed by atoms with van der Waals surface area (Å²) in [6, 6.07) is 6.08. The minimum Gasteiger partial charge on any atom is -0.363 e. The van der Waals surface area contributed by atoms with Gasteiger partial charge in [-0.25, -0.2) is 23.1 Å². The fraction of sp³-hybridized carbons (Fsp3) is 0.639. The molecule has 0 aliphatic carbocycles. The molecule has 2 fully saturated rings. The molecule has 1 atom stereocenters. The number of benzene rings is 1. The second-order valence-corrected chi connectivity index (χ2v) is 14.0. The lowest BCUT2D eigenvalue weighted by Gasteiger charge is -2.36. The number of pyridine rings is 1. The molecule has 0 spiro atoms. The van der Waals surface area contributed by atoms with Crippen LogP contribution in [-0.4, -0.2) is 63.1 Å². The van der Waals surface area contributed by atoms with Gasteiger partial charge in [0, 0.05) is 29.6 Å². The van der Waals surface area contributed by atoms with Crippen LogP contribution in [0.25, 0.3) is 11.0 Å². The predicted molar refractivity (Wildman–Crippen MR) is 177 cm³/mol. The van der Waals surface area contributed by atoms with E-state index >= 15 is 13.2 Å². The minimum absolute atomic E-state index is 0.0103. The first-order chi connectivity index (χ1) is 22.1. The van der Waals surface area contributed by atoms with E-state index in [1.165, 1.54) is 18.5 Å². The van der Waals surface area contributed by atoms with Gasteiger partial charge in [0.1, 0.15) is 23.6 Å². The van der Waals surface area contributed by atoms with E-state index < -0.39 is 29.3 Å². The second kappa shape index (κ2) is 14.0. The van der Waals surface area contributed by atoms with Crippen molar-refractivity contribution in [1.29, 1.82) is 0 Å². The smallest absolute Gasteiger partial charge is 0.278 e. The number of piperidine rings is 2. The lowest BCUT2D eigenvalue weighted by atomic mass is 9.85. The van der Waals surface area contributed by atoms with Gasteiger partial charge in [0.15, 0.2) is 0 Å². The van der Waals surface area contributed by atoms with Gasteiger partial charge in [-0.3, -0.25) is 9.36 Å². The Morgan fingerprint density at radius 3 is 2.30 bits per heavy atom. The van der Waals surface area contributed by atoms with Crippen LogP contribution in [0.3, 0.4) is 0 Å². The average Bonchev–Trinajstić information content (AvgIpc) is 3.05. The summed E-state index contributed by atoms with van der Waals surface area (Å²) in [5.41, 5.74) is 0.976. The third-order valence-corrected chi connectivity index (χ3v) is 10.8. The van der Waals surface area contributed by atoms with Crippen molar-refractivity contribution in [2.75, 3.05) is 38.0 Å². The molecule has 7 rings (SSSR count). The number of fused-ring (bicyclic) bond motifs is 9. The number of aryl methyl sites for hydroxylation is 1. The molecule has 2 aromatic heterocycles. The molecule has 0 amide bonds. The van der Waals surface area contributed by atoms with Gasteiger partial charge in [0.25, 0.3) is 11.5 Å². The van der Waals surface area contributed by atoms with Crippen molar-refractivity contribution in [3.8, 4) is 0 Å². The van der Waals surface area contributed by atoms with Crippen molar-refractivity contribution in [2.45, 2.75) is 109 Å². The molecule has 0 radical (unpaired) electrons. The first-order valence-electron chi connectivity index (χ1n) is 17.4. The van der Waals surface area contributed by atoms with Crippen molar-refractivity contribution in [3.05, 3.63) is 63.5 Å². The maximum atomic E-state index is 16.0. The predicted octanol–water partition coefficient (Wildman–Crippen LogP) is 7.46. The van der Waals surface area contributed by atoms with E-state index in [0.29, 0.717) is 55.4 Å². The third kappa shape index (κ3) is 6.70. The average molecular weight is 639 g/mol. The zero-order valence-corrected chi connectivity index (χ0v) is 27.6. The Bertz CT molecular complexity index is 1560. The van der Waals surface area contributed by atoms with E-state index in [1.807, 2.05) is 10.6 Å². The molecule has 7 nitrogen and oxygen atoms in total. The van der Waals surface area contributed by atoms with Crippen molar-refractivity contribution in [3.63, 3.8) is 0 Å². The lowest BCUT2D eigenvalue weighted by molar-refractivity contribution is -0.0880. The largest absolute Gasteiger partial charge is 0.363 e. The van der Waals surface area contributed by atoms with Gasteiger partial charge >= 0.3 is 0 Å². The molecule has 1 N–H and O–H groups in total. The Balaban J connectivity index is 1.39. The molecule has 3 aromatic rings. The Morgan fingerprint density at radius 1 is 0.891 bits per heavy atom. The van der Waals surface area contributed by atoms with Crippen molar-refractivity contribution in [2.24, 2.45) is 5.92 Å². The summed E-state index contributed by atoms with van der Waals surface area (Å²) in [6.45, 7) is 10.7. The number of likely N-dealkylation sites (tertiary alicyclic amines) is 1. The quantitative estimate of drug-likeness (QED) is 0.315. The van der Waals surface area contributed by atoms with E-state index in [0.717, 1.165) is 70.1 Å². The Morgan fingerprint density at radius 2 is 1.59 bits per heavy atom. The Hall–Kier alpha value is -2.98. The van der Waals surface area contributed by atoms with Crippen molar-refractivity contribution < 1.29 is 13.2 Å². The van der Waals surface area contributed by atoms with E-state index in [2.05, 4.69) is 38.9 Å². The summed E-state index contributed by atoms with van der Waals surface area (Å²) in [4.78, 5) is 27.9. The fourth-order valence-electron chi connectivity index (χ4n) is 7.84. The van der Waals surface area contributed by atoms with Crippen LogP contribution in [0, 0.1) is 11.7 Å². The molecule has 2 saturated heterocycles. The number of nitrogens with zero attached hydrogens (tertiary/aromatic N) is 5. The molecule has 0 unspecified atom stereocenters. The van der Waals surface area contributed by atoms with Crippen LogP contribution in [-0.2, 0) is 12.5 Å². The first kappa shape index (κ1) is 32.9. The molecule has 1 aromatic carbocycles. The van der Waals surface area contributed by atoms with Crippen LogP contribution in [0.1, 0.15) is 107 Å².